The monoisotopic (exact) mass is 386 g/mol. The molecule has 1 aromatic heterocycles. The van der Waals surface area contributed by atoms with E-state index in [-0.39, 0.29) is 11.8 Å². The number of pyridine rings is 1. The number of amides is 2. The van der Waals surface area contributed by atoms with Gasteiger partial charge in [-0.3, -0.25) is 9.59 Å². The maximum absolute atomic E-state index is 12.6. The van der Waals surface area contributed by atoms with E-state index in [9.17, 15) is 9.59 Å². The third-order valence-electron chi connectivity index (χ3n) is 4.90. The van der Waals surface area contributed by atoms with Crippen molar-refractivity contribution in [2.45, 2.75) is 26.3 Å². The van der Waals surface area contributed by atoms with Crippen LogP contribution in [0.3, 0.4) is 0 Å². The Kier molecular flexibility index (Phi) is 4.99. The lowest BCUT2D eigenvalue weighted by Gasteiger charge is -2.23. The highest BCUT2D eigenvalue weighted by Gasteiger charge is 2.27. The number of nitrogens with zero attached hydrogens (tertiary/aromatic N) is 2. The first kappa shape index (κ1) is 18.7. The Bertz CT molecular complexity index is 1060. The van der Waals surface area contributed by atoms with Crippen molar-refractivity contribution in [1.82, 2.24) is 4.98 Å². The van der Waals surface area contributed by atoms with E-state index in [2.05, 4.69) is 45.6 Å². The van der Waals surface area contributed by atoms with Gasteiger partial charge in [0.05, 0.1) is 5.56 Å². The summed E-state index contributed by atoms with van der Waals surface area (Å²) < 4.78 is 0. The summed E-state index contributed by atoms with van der Waals surface area (Å²) in [4.78, 5) is 30.5. The Morgan fingerprint density at radius 3 is 2.48 bits per heavy atom. The van der Waals surface area contributed by atoms with Crippen molar-refractivity contribution in [3.05, 3.63) is 78.0 Å². The molecule has 1 aliphatic rings. The van der Waals surface area contributed by atoms with Crippen LogP contribution in [0.15, 0.2) is 66.9 Å². The van der Waals surface area contributed by atoms with Crippen LogP contribution in [-0.4, -0.2) is 22.8 Å². The van der Waals surface area contributed by atoms with Gasteiger partial charge in [-0.2, -0.15) is 0 Å². The first-order chi connectivity index (χ1) is 14.0. The number of hydrogen-bond acceptors (Lipinski definition) is 4. The van der Waals surface area contributed by atoms with Crippen LogP contribution in [0.2, 0.25) is 0 Å². The second-order valence-electron chi connectivity index (χ2n) is 7.17. The molecule has 0 saturated heterocycles. The fourth-order valence-electron chi connectivity index (χ4n) is 3.66. The van der Waals surface area contributed by atoms with Gasteiger partial charge in [0.25, 0.3) is 5.91 Å². The fraction of sp³-hybridized carbons (Fsp3) is 0.174. The Hall–Kier alpha value is -3.67. The molecule has 3 aromatic rings. The van der Waals surface area contributed by atoms with E-state index in [4.69, 9.17) is 0 Å². The smallest absolute Gasteiger partial charge is 0.257 e. The Balaban J connectivity index is 1.50. The van der Waals surface area contributed by atoms with Gasteiger partial charge in [0.15, 0.2) is 0 Å². The molecule has 0 saturated carbocycles. The average Bonchev–Trinajstić information content (AvgIpc) is 3.03. The molecule has 0 bridgehead atoms. The summed E-state index contributed by atoms with van der Waals surface area (Å²) in [6, 6.07) is 19.3. The maximum atomic E-state index is 12.6. The molecule has 1 unspecified atom stereocenters. The SMILES string of the molecule is CC(=O)Nc1cccc(NC(=O)c2ccc(N3c4ccccc4CC3C)nc2)c1. The Morgan fingerprint density at radius 2 is 1.76 bits per heavy atom. The number of carbonyl (C=O) groups excluding carboxylic acids is 2. The molecular formula is C23H22N4O2. The zero-order chi connectivity index (χ0) is 20.4. The van der Waals surface area contributed by atoms with Crippen LogP contribution in [-0.2, 0) is 11.2 Å². The van der Waals surface area contributed by atoms with Crippen molar-refractivity contribution in [1.29, 1.82) is 0 Å². The molecule has 2 heterocycles. The zero-order valence-corrected chi connectivity index (χ0v) is 16.3. The number of para-hydroxylation sites is 1. The lowest BCUT2D eigenvalue weighted by molar-refractivity contribution is -0.114. The minimum absolute atomic E-state index is 0.161. The van der Waals surface area contributed by atoms with E-state index >= 15 is 0 Å². The molecule has 0 aliphatic carbocycles. The van der Waals surface area contributed by atoms with Crippen molar-refractivity contribution in [2.24, 2.45) is 0 Å². The number of anilines is 4. The van der Waals surface area contributed by atoms with E-state index in [0.29, 0.717) is 23.0 Å². The van der Waals surface area contributed by atoms with Gasteiger partial charge < -0.3 is 15.5 Å². The Morgan fingerprint density at radius 1 is 1.00 bits per heavy atom. The molecule has 6 heteroatoms. The van der Waals surface area contributed by atoms with Gasteiger partial charge in [-0.05, 0) is 55.3 Å². The number of rotatable bonds is 4. The molecule has 4 rings (SSSR count). The molecular weight excluding hydrogens is 364 g/mol. The molecule has 1 aliphatic heterocycles. The van der Waals surface area contributed by atoms with Crippen LogP contribution in [0, 0.1) is 0 Å². The van der Waals surface area contributed by atoms with Crippen molar-refractivity contribution in [3.63, 3.8) is 0 Å². The third kappa shape index (κ3) is 3.96. The number of hydrogen-bond donors (Lipinski definition) is 2. The normalized spacial score (nSPS) is 15.0. The zero-order valence-electron chi connectivity index (χ0n) is 16.3. The summed E-state index contributed by atoms with van der Waals surface area (Å²) in [6.45, 7) is 3.61. The molecule has 146 valence electrons. The lowest BCUT2D eigenvalue weighted by Crippen LogP contribution is -2.25. The molecule has 29 heavy (non-hydrogen) atoms. The lowest BCUT2D eigenvalue weighted by atomic mass is 10.1. The number of fused-ring (bicyclic) bond motifs is 1. The average molecular weight is 386 g/mol. The quantitative estimate of drug-likeness (QED) is 0.698. The molecule has 2 aromatic carbocycles. The molecule has 1 atom stereocenters. The van der Waals surface area contributed by atoms with Crippen molar-refractivity contribution < 1.29 is 9.59 Å². The van der Waals surface area contributed by atoms with Crippen LogP contribution in [0.5, 0.6) is 0 Å². The van der Waals surface area contributed by atoms with Crippen molar-refractivity contribution >= 4 is 34.7 Å². The van der Waals surface area contributed by atoms with Gasteiger partial charge in [0, 0.05) is 36.2 Å². The standard InChI is InChI=1S/C23H22N4O2/c1-15-12-17-6-3-4-9-21(17)27(15)22-11-10-18(14-24-22)23(29)26-20-8-5-7-19(13-20)25-16(2)28/h3-11,13-15H,12H2,1-2H3,(H,25,28)(H,26,29). The van der Waals surface area contributed by atoms with E-state index in [1.165, 1.54) is 18.2 Å². The van der Waals surface area contributed by atoms with Crippen LogP contribution >= 0.6 is 0 Å². The van der Waals surface area contributed by atoms with E-state index in [0.717, 1.165) is 12.2 Å². The summed E-state index contributed by atoms with van der Waals surface area (Å²) in [5.41, 5.74) is 4.18. The minimum Gasteiger partial charge on any atom is -0.326 e. The van der Waals surface area contributed by atoms with Gasteiger partial charge >= 0.3 is 0 Å². The first-order valence-corrected chi connectivity index (χ1v) is 9.53. The topological polar surface area (TPSA) is 74.3 Å². The molecule has 2 N–H and O–H groups in total. The summed E-state index contributed by atoms with van der Waals surface area (Å²) in [5, 5.41) is 5.54. The number of carbonyl (C=O) groups is 2. The highest BCUT2D eigenvalue weighted by Crippen LogP contribution is 2.37. The van der Waals surface area contributed by atoms with Gasteiger partial charge in [-0.15, -0.1) is 0 Å². The third-order valence-corrected chi connectivity index (χ3v) is 4.90. The van der Waals surface area contributed by atoms with E-state index in [1.807, 2.05) is 12.1 Å². The number of aromatic nitrogens is 1. The van der Waals surface area contributed by atoms with Crippen LogP contribution in [0.1, 0.15) is 29.8 Å². The summed E-state index contributed by atoms with van der Waals surface area (Å²) in [6.07, 6.45) is 2.57. The fourth-order valence-corrected chi connectivity index (χ4v) is 3.66. The second-order valence-corrected chi connectivity index (χ2v) is 7.17. The van der Waals surface area contributed by atoms with Crippen LogP contribution in [0.4, 0.5) is 22.9 Å². The molecule has 0 radical (unpaired) electrons. The molecule has 6 nitrogen and oxygen atoms in total. The maximum Gasteiger partial charge on any atom is 0.257 e. The van der Waals surface area contributed by atoms with Crippen LogP contribution < -0.4 is 15.5 Å². The summed E-state index contributed by atoms with van der Waals surface area (Å²) >= 11 is 0. The van der Waals surface area contributed by atoms with E-state index in [1.54, 1.807) is 36.5 Å². The summed E-state index contributed by atoms with van der Waals surface area (Å²) in [7, 11) is 0. The number of benzene rings is 2. The largest absolute Gasteiger partial charge is 0.326 e. The molecule has 0 fully saturated rings. The predicted molar refractivity (Wildman–Crippen MR) is 115 cm³/mol. The summed E-state index contributed by atoms with van der Waals surface area (Å²) in [5.74, 6) is 0.413. The van der Waals surface area contributed by atoms with Crippen LogP contribution in [0.25, 0.3) is 0 Å². The van der Waals surface area contributed by atoms with Gasteiger partial charge in [-0.1, -0.05) is 24.3 Å². The first-order valence-electron chi connectivity index (χ1n) is 9.53. The van der Waals surface area contributed by atoms with Gasteiger partial charge in [0.2, 0.25) is 5.91 Å². The molecule has 0 spiro atoms. The predicted octanol–water partition coefficient (Wildman–Crippen LogP) is 4.38. The highest BCUT2D eigenvalue weighted by molar-refractivity contribution is 6.04. The van der Waals surface area contributed by atoms with Crippen molar-refractivity contribution in [2.75, 3.05) is 15.5 Å². The van der Waals surface area contributed by atoms with Gasteiger partial charge in [0.1, 0.15) is 5.82 Å². The van der Waals surface area contributed by atoms with Crippen molar-refractivity contribution in [3.8, 4) is 0 Å². The highest BCUT2D eigenvalue weighted by atomic mass is 16.2. The number of nitrogens with one attached hydrogen (secondary N) is 2. The second kappa shape index (κ2) is 7.75. The van der Waals surface area contributed by atoms with Gasteiger partial charge in [-0.25, -0.2) is 4.98 Å². The Labute approximate surface area is 169 Å². The minimum atomic E-state index is -0.251. The molecule has 2 amide bonds. The van der Waals surface area contributed by atoms with E-state index < -0.39 is 0 Å².